The van der Waals surface area contributed by atoms with Crippen LogP contribution in [0.1, 0.15) is 12.8 Å². The zero-order chi connectivity index (χ0) is 9.90. The maximum atomic E-state index is 11.5. The largest absolute Gasteiger partial charge is 0.468 e. The molecule has 0 aromatic carbocycles. The van der Waals surface area contributed by atoms with Crippen molar-refractivity contribution < 1.29 is 9.53 Å². The van der Waals surface area contributed by atoms with Gasteiger partial charge in [-0.2, -0.15) is 0 Å². The Morgan fingerprint density at radius 3 is 2.79 bits per heavy atom. The van der Waals surface area contributed by atoms with Crippen LogP contribution >= 0.6 is 24.0 Å². The maximum absolute atomic E-state index is 11.5. The second kappa shape index (κ2) is 5.59. The monoisotopic (exact) mass is 239 g/mol. The van der Waals surface area contributed by atoms with E-state index in [0.29, 0.717) is 25.3 Å². The van der Waals surface area contributed by atoms with Crippen molar-refractivity contribution in [2.75, 3.05) is 19.5 Å². The zero-order valence-electron chi connectivity index (χ0n) is 8.14. The van der Waals surface area contributed by atoms with Gasteiger partial charge in [0.1, 0.15) is 5.54 Å². The van der Waals surface area contributed by atoms with Crippen molar-refractivity contribution in [1.82, 2.24) is 5.32 Å². The average Bonchev–Trinajstić information content (AvgIpc) is 2.48. The van der Waals surface area contributed by atoms with Crippen LogP contribution in [0.5, 0.6) is 0 Å². The molecule has 1 saturated heterocycles. The van der Waals surface area contributed by atoms with Crippen LogP contribution in [0.15, 0.2) is 12.2 Å². The van der Waals surface area contributed by atoms with Crippen molar-refractivity contribution in [3.8, 4) is 0 Å². The quantitative estimate of drug-likeness (QED) is 0.461. The first kappa shape index (κ1) is 13.8. The molecular formula is C9H15Cl2NO2. The summed E-state index contributed by atoms with van der Waals surface area (Å²) in [5, 5.41) is 3.11. The topological polar surface area (TPSA) is 38.3 Å². The first-order chi connectivity index (χ1) is 6.14. The van der Waals surface area contributed by atoms with Crippen LogP contribution < -0.4 is 5.32 Å². The number of methoxy groups -OCH3 is 1. The lowest BCUT2D eigenvalue weighted by atomic mass is 9.93. The fourth-order valence-electron chi connectivity index (χ4n) is 1.63. The summed E-state index contributed by atoms with van der Waals surface area (Å²) < 4.78 is 4.74. The molecule has 14 heavy (non-hydrogen) atoms. The lowest BCUT2D eigenvalue weighted by Crippen LogP contribution is -2.48. The molecule has 1 heterocycles. The number of carbonyl (C=O) groups is 1. The normalized spacial score (nSPS) is 25.7. The van der Waals surface area contributed by atoms with Crippen LogP contribution in [0, 0.1) is 0 Å². The number of ether oxygens (including phenoxy) is 1. The van der Waals surface area contributed by atoms with Crippen LogP contribution in [0.3, 0.4) is 0 Å². The van der Waals surface area contributed by atoms with E-state index >= 15 is 0 Å². The van der Waals surface area contributed by atoms with E-state index in [2.05, 4.69) is 11.9 Å². The zero-order valence-corrected chi connectivity index (χ0v) is 9.71. The summed E-state index contributed by atoms with van der Waals surface area (Å²) >= 11 is 5.64. The SMILES string of the molecule is C=C1CNC(CCCl)(C(=O)OC)C1.Cl. The predicted molar refractivity (Wildman–Crippen MR) is 59.1 cm³/mol. The smallest absolute Gasteiger partial charge is 0.326 e. The second-order valence-corrected chi connectivity index (χ2v) is 3.67. The van der Waals surface area contributed by atoms with Gasteiger partial charge in [0.05, 0.1) is 7.11 Å². The fraction of sp³-hybridized carbons (Fsp3) is 0.667. The summed E-state index contributed by atoms with van der Waals surface area (Å²) in [6.45, 7) is 4.51. The number of rotatable bonds is 3. The predicted octanol–water partition coefficient (Wildman–Crippen LogP) is 1.50. The fourth-order valence-corrected chi connectivity index (χ4v) is 1.95. The molecular weight excluding hydrogens is 225 g/mol. The van der Waals surface area contributed by atoms with Gasteiger partial charge in [0.15, 0.2) is 0 Å². The van der Waals surface area contributed by atoms with Crippen molar-refractivity contribution in [1.29, 1.82) is 0 Å². The maximum Gasteiger partial charge on any atom is 0.326 e. The van der Waals surface area contributed by atoms with Gasteiger partial charge >= 0.3 is 5.97 Å². The summed E-state index contributed by atoms with van der Waals surface area (Å²) in [6.07, 6.45) is 1.21. The van der Waals surface area contributed by atoms with Gasteiger partial charge in [-0.25, -0.2) is 0 Å². The first-order valence-corrected chi connectivity index (χ1v) is 4.74. The average molecular weight is 240 g/mol. The molecule has 0 aromatic rings. The lowest BCUT2D eigenvalue weighted by molar-refractivity contribution is -0.148. The van der Waals surface area contributed by atoms with Gasteiger partial charge in [-0.15, -0.1) is 24.0 Å². The van der Waals surface area contributed by atoms with Gasteiger partial charge in [0, 0.05) is 12.4 Å². The van der Waals surface area contributed by atoms with E-state index < -0.39 is 5.54 Å². The standard InChI is InChI=1S/C9H14ClNO2.ClH/c1-7-5-9(3-4-10,11-6-7)8(12)13-2;/h11H,1,3-6H2,2H3;1H. The molecule has 3 nitrogen and oxygen atoms in total. The van der Waals surface area contributed by atoms with Crippen LogP contribution in [-0.4, -0.2) is 31.0 Å². The van der Waals surface area contributed by atoms with Gasteiger partial charge in [-0.1, -0.05) is 12.2 Å². The highest BCUT2D eigenvalue weighted by Crippen LogP contribution is 2.27. The minimum Gasteiger partial charge on any atom is -0.468 e. The van der Waals surface area contributed by atoms with Crippen LogP contribution in [0.2, 0.25) is 0 Å². The summed E-state index contributed by atoms with van der Waals surface area (Å²) in [5.74, 6) is 0.196. The minimum atomic E-state index is -0.617. The third-order valence-electron chi connectivity index (χ3n) is 2.33. The molecule has 1 unspecified atom stereocenters. The number of nitrogens with one attached hydrogen (secondary N) is 1. The van der Waals surface area contributed by atoms with Crippen molar-refractivity contribution in [2.24, 2.45) is 0 Å². The number of esters is 1. The molecule has 5 heteroatoms. The van der Waals surface area contributed by atoms with E-state index in [1.54, 1.807) is 0 Å². The molecule has 1 aliphatic rings. The third kappa shape index (κ3) is 2.62. The molecule has 1 rings (SSSR count). The molecule has 0 bridgehead atoms. The Bertz CT molecular complexity index is 233. The van der Waals surface area contributed by atoms with Gasteiger partial charge in [-0.3, -0.25) is 10.1 Å². The Morgan fingerprint density at radius 1 is 1.79 bits per heavy atom. The van der Waals surface area contributed by atoms with E-state index in [4.69, 9.17) is 16.3 Å². The highest BCUT2D eigenvalue weighted by atomic mass is 35.5. The van der Waals surface area contributed by atoms with E-state index in [1.165, 1.54) is 7.11 Å². The number of hydrogen-bond donors (Lipinski definition) is 1. The highest BCUT2D eigenvalue weighted by molar-refractivity contribution is 6.18. The van der Waals surface area contributed by atoms with Crippen LogP contribution in [-0.2, 0) is 9.53 Å². The molecule has 1 aliphatic heterocycles. The molecule has 1 fully saturated rings. The van der Waals surface area contributed by atoms with Crippen molar-refractivity contribution in [3.63, 3.8) is 0 Å². The Morgan fingerprint density at radius 2 is 2.43 bits per heavy atom. The Kier molecular flexibility index (Phi) is 5.49. The summed E-state index contributed by atoms with van der Waals surface area (Å²) in [4.78, 5) is 11.5. The molecule has 1 N–H and O–H groups in total. The molecule has 0 aromatic heterocycles. The third-order valence-corrected chi connectivity index (χ3v) is 2.51. The van der Waals surface area contributed by atoms with E-state index in [0.717, 1.165) is 5.57 Å². The van der Waals surface area contributed by atoms with Gasteiger partial charge in [-0.05, 0) is 12.8 Å². The molecule has 0 amide bonds. The Balaban J connectivity index is 0.00000169. The van der Waals surface area contributed by atoms with Crippen LogP contribution in [0.4, 0.5) is 0 Å². The molecule has 1 atom stereocenters. The number of alkyl halides is 1. The summed E-state index contributed by atoms with van der Waals surface area (Å²) in [7, 11) is 1.39. The molecule has 0 radical (unpaired) electrons. The van der Waals surface area contributed by atoms with E-state index in [9.17, 15) is 4.79 Å². The minimum absolute atomic E-state index is 0. The Labute approximate surface area is 95.2 Å². The molecule has 82 valence electrons. The summed E-state index contributed by atoms with van der Waals surface area (Å²) in [5.41, 5.74) is 0.406. The van der Waals surface area contributed by atoms with E-state index in [-0.39, 0.29) is 18.4 Å². The molecule has 0 spiro atoms. The second-order valence-electron chi connectivity index (χ2n) is 3.29. The summed E-state index contributed by atoms with van der Waals surface area (Å²) in [6, 6.07) is 0. The lowest BCUT2D eigenvalue weighted by Gasteiger charge is -2.24. The van der Waals surface area contributed by atoms with Crippen LogP contribution in [0.25, 0.3) is 0 Å². The van der Waals surface area contributed by atoms with Crippen molar-refractivity contribution in [3.05, 3.63) is 12.2 Å². The van der Waals surface area contributed by atoms with E-state index in [1.807, 2.05) is 0 Å². The Hall–Kier alpha value is -0.250. The number of halogens is 2. The van der Waals surface area contributed by atoms with Gasteiger partial charge < -0.3 is 4.74 Å². The van der Waals surface area contributed by atoms with Gasteiger partial charge in [0.2, 0.25) is 0 Å². The first-order valence-electron chi connectivity index (χ1n) is 4.21. The van der Waals surface area contributed by atoms with Crippen molar-refractivity contribution >= 4 is 30.0 Å². The van der Waals surface area contributed by atoms with Gasteiger partial charge in [0.25, 0.3) is 0 Å². The number of hydrogen-bond acceptors (Lipinski definition) is 3. The highest BCUT2D eigenvalue weighted by Gasteiger charge is 2.42. The molecule has 0 aliphatic carbocycles. The molecule has 0 saturated carbocycles. The number of carbonyl (C=O) groups excluding carboxylic acids is 1. The van der Waals surface area contributed by atoms with Crippen molar-refractivity contribution in [2.45, 2.75) is 18.4 Å².